The van der Waals surface area contributed by atoms with Crippen LogP contribution in [0.1, 0.15) is 31.5 Å². The molecular formula is C15H16BrN3O. The van der Waals surface area contributed by atoms with Gasteiger partial charge in [0.1, 0.15) is 10.7 Å². The summed E-state index contributed by atoms with van der Waals surface area (Å²) >= 11 is 3.52. The first-order valence-corrected chi connectivity index (χ1v) is 7.58. The van der Waals surface area contributed by atoms with Crippen molar-refractivity contribution in [3.63, 3.8) is 0 Å². The second-order valence-corrected chi connectivity index (χ2v) is 6.74. The van der Waals surface area contributed by atoms with Crippen molar-refractivity contribution in [1.82, 2.24) is 9.78 Å². The van der Waals surface area contributed by atoms with Gasteiger partial charge in [0.25, 0.3) is 0 Å². The van der Waals surface area contributed by atoms with E-state index in [-0.39, 0.29) is 23.0 Å². The Morgan fingerprint density at radius 1 is 1.60 bits per heavy atom. The van der Waals surface area contributed by atoms with Gasteiger partial charge in [-0.05, 0) is 34.7 Å². The molecule has 0 radical (unpaired) electrons. The van der Waals surface area contributed by atoms with Crippen LogP contribution in [0, 0.1) is 23.2 Å². The smallest absolute Gasteiger partial charge is 0.176 e. The van der Waals surface area contributed by atoms with Crippen LogP contribution in [0.4, 0.5) is 0 Å². The third-order valence-electron chi connectivity index (χ3n) is 4.93. The van der Waals surface area contributed by atoms with Crippen LogP contribution in [0.5, 0.6) is 0 Å². The first-order chi connectivity index (χ1) is 9.40. The lowest BCUT2D eigenvalue weighted by Gasteiger charge is -2.45. The van der Waals surface area contributed by atoms with Gasteiger partial charge in [-0.2, -0.15) is 10.4 Å². The number of rotatable bonds is 0. The highest BCUT2D eigenvalue weighted by Crippen LogP contribution is 2.50. The second-order valence-electron chi connectivity index (χ2n) is 5.99. The molecule has 3 atom stereocenters. The third kappa shape index (κ3) is 1.58. The normalized spacial score (nSPS) is 32.1. The predicted octanol–water partition coefficient (Wildman–Crippen LogP) is 2.67. The Hall–Kier alpha value is -1.41. The number of halogens is 1. The van der Waals surface area contributed by atoms with E-state index in [4.69, 9.17) is 0 Å². The highest BCUT2D eigenvalue weighted by Gasteiger charge is 2.50. The molecule has 4 nitrogen and oxygen atoms in total. The molecule has 1 heterocycles. The number of hydrogen-bond acceptors (Lipinski definition) is 3. The maximum absolute atomic E-state index is 12.2. The van der Waals surface area contributed by atoms with Crippen LogP contribution < -0.4 is 0 Å². The summed E-state index contributed by atoms with van der Waals surface area (Å²) in [5, 5.41) is 13.7. The van der Waals surface area contributed by atoms with Crippen LogP contribution in [-0.2, 0) is 23.7 Å². The Kier molecular flexibility index (Phi) is 2.91. The van der Waals surface area contributed by atoms with Crippen molar-refractivity contribution in [1.29, 1.82) is 5.26 Å². The molecule has 1 aromatic heterocycles. The summed E-state index contributed by atoms with van der Waals surface area (Å²) in [5.74, 6) is 0.114. The summed E-state index contributed by atoms with van der Waals surface area (Å²) in [7, 11) is 1.93. The molecular weight excluding hydrogens is 318 g/mol. The minimum atomic E-state index is -0.292. The minimum Gasteiger partial charge on any atom is -0.293 e. The van der Waals surface area contributed by atoms with E-state index in [0.29, 0.717) is 5.57 Å². The fraction of sp³-hybridized carbons (Fsp3) is 0.533. The topological polar surface area (TPSA) is 58.7 Å². The van der Waals surface area contributed by atoms with Gasteiger partial charge in [0.2, 0.25) is 0 Å². The number of carbonyl (C=O) groups excluding carboxylic acids is 1. The van der Waals surface area contributed by atoms with E-state index in [0.717, 1.165) is 23.1 Å². The molecule has 0 spiro atoms. The molecule has 0 aliphatic heterocycles. The summed E-state index contributed by atoms with van der Waals surface area (Å²) in [6.07, 6.45) is 3.75. The molecule has 20 heavy (non-hydrogen) atoms. The van der Waals surface area contributed by atoms with E-state index in [9.17, 15) is 10.1 Å². The van der Waals surface area contributed by atoms with E-state index >= 15 is 0 Å². The van der Waals surface area contributed by atoms with Crippen LogP contribution in [0.3, 0.4) is 0 Å². The first kappa shape index (κ1) is 13.6. The number of nitriles is 1. The van der Waals surface area contributed by atoms with Crippen molar-refractivity contribution in [2.45, 2.75) is 32.1 Å². The third-order valence-corrected chi connectivity index (χ3v) is 5.57. The van der Waals surface area contributed by atoms with Gasteiger partial charge in [0.15, 0.2) is 5.78 Å². The Morgan fingerprint density at radius 2 is 2.30 bits per heavy atom. The predicted molar refractivity (Wildman–Crippen MR) is 77.9 cm³/mol. The quantitative estimate of drug-likeness (QED) is 0.733. The van der Waals surface area contributed by atoms with Crippen LogP contribution in [0.25, 0.3) is 0 Å². The zero-order valence-electron chi connectivity index (χ0n) is 11.8. The molecule has 0 saturated carbocycles. The van der Waals surface area contributed by atoms with Gasteiger partial charge in [0.05, 0.1) is 11.3 Å². The molecule has 3 rings (SSSR count). The molecule has 0 aromatic carbocycles. The molecule has 1 aromatic rings. The van der Waals surface area contributed by atoms with Gasteiger partial charge < -0.3 is 0 Å². The number of Topliss-reactive ketones (excluding diaryl/α,β-unsaturated/α-hetero) is 1. The van der Waals surface area contributed by atoms with E-state index < -0.39 is 0 Å². The largest absolute Gasteiger partial charge is 0.293 e. The Balaban J connectivity index is 2.28. The summed E-state index contributed by atoms with van der Waals surface area (Å²) in [4.78, 5) is 12.2. The van der Waals surface area contributed by atoms with Gasteiger partial charge in [-0.25, -0.2) is 0 Å². The minimum absolute atomic E-state index is 0.0142. The lowest BCUT2D eigenvalue weighted by molar-refractivity contribution is -0.121. The number of ketones is 1. The molecule has 0 amide bonds. The van der Waals surface area contributed by atoms with E-state index in [2.05, 4.69) is 34.0 Å². The van der Waals surface area contributed by atoms with Crippen LogP contribution in [0.2, 0.25) is 0 Å². The molecule has 2 aliphatic carbocycles. The molecule has 2 aliphatic rings. The highest BCUT2D eigenvalue weighted by atomic mass is 79.9. The van der Waals surface area contributed by atoms with Crippen molar-refractivity contribution >= 4 is 21.7 Å². The van der Waals surface area contributed by atoms with Gasteiger partial charge >= 0.3 is 0 Å². The lowest BCUT2D eigenvalue weighted by Crippen LogP contribution is -2.46. The molecule has 0 fully saturated rings. The standard InChI is InChI=1S/C15H16BrN3O/c1-8-11-5-4-10-13(19(3)18-14(10)16)15(11,2)6-9(7-17)12(8)20/h6,8,11H,4-5H2,1-3H3/t8-,11-,15-/m0/s1. The molecule has 0 unspecified atom stereocenters. The second kappa shape index (κ2) is 4.29. The number of aryl methyl sites for hydroxylation is 1. The number of nitrogens with zero attached hydrogens (tertiary/aromatic N) is 3. The maximum atomic E-state index is 12.2. The number of hydrogen-bond donors (Lipinski definition) is 0. The summed E-state index contributed by atoms with van der Waals surface area (Å²) in [5.41, 5.74) is 2.34. The van der Waals surface area contributed by atoms with Crippen molar-refractivity contribution in [3.05, 3.63) is 27.5 Å². The number of carbonyl (C=O) groups is 1. The fourth-order valence-electron chi connectivity index (χ4n) is 4.04. The zero-order chi connectivity index (χ0) is 14.7. The van der Waals surface area contributed by atoms with E-state index in [1.165, 1.54) is 5.56 Å². The monoisotopic (exact) mass is 333 g/mol. The van der Waals surface area contributed by atoms with Crippen molar-refractivity contribution < 1.29 is 4.79 Å². The average Bonchev–Trinajstić information content (AvgIpc) is 2.70. The highest BCUT2D eigenvalue weighted by molar-refractivity contribution is 9.10. The zero-order valence-corrected chi connectivity index (χ0v) is 13.4. The van der Waals surface area contributed by atoms with Gasteiger partial charge in [0, 0.05) is 23.9 Å². The Morgan fingerprint density at radius 3 is 2.95 bits per heavy atom. The molecule has 104 valence electrons. The van der Waals surface area contributed by atoms with Gasteiger partial charge in [-0.3, -0.25) is 9.48 Å². The first-order valence-electron chi connectivity index (χ1n) is 6.79. The molecule has 5 heteroatoms. The van der Waals surface area contributed by atoms with Gasteiger partial charge in [-0.15, -0.1) is 0 Å². The average molecular weight is 334 g/mol. The van der Waals surface area contributed by atoms with E-state index in [1.54, 1.807) is 0 Å². The van der Waals surface area contributed by atoms with Crippen LogP contribution in [0.15, 0.2) is 16.3 Å². The fourth-order valence-corrected chi connectivity index (χ4v) is 4.66. The number of fused-ring (bicyclic) bond motifs is 3. The van der Waals surface area contributed by atoms with Crippen molar-refractivity contribution in [2.24, 2.45) is 18.9 Å². The van der Waals surface area contributed by atoms with Crippen LogP contribution >= 0.6 is 15.9 Å². The SMILES string of the molecule is C[C@@H]1C(=O)C(C#N)=C[C@]2(C)c3c(c(Br)nn3C)CC[C@@H]12. The molecule has 0 N–H and O–H groups in total. The van der Waals surface area contributed by atoms with Crippen LogP contribution in [-0.4, -0.2) is 15.6 Å². The van der Waals surface area contributed by atoms with Gasteiger partial charge in [-0.1, -0.05) is 19.9 Å². The number of allylic oxidation sites excluding steroid dienone is 2. The lowest BCUT2D eigenvalue weighted by atomic mass is 9.58. The Labute approximate surface area is 126 Å². The summed E-state index contributed by atoms with van der Waals surface area (Å²) < 4.78 is 2.77. The summed E-state index contributed by atoms with van der Waals surface area (Å²) in [6.45, 7) is 4.08. The van der Waals surface area contributed by atoms with Crippen molar-refractivity contribution in [3.8, 4) is 6.07 Å². The van der Waals surface area contributed by atoms with Crippen molar-refractivity contribution in [2.75, 3.05) is 0 Å². The Bertz CT molecular complexity index is 682. The number of aromatic nitrogens is 2. The summed E-state index contributed by atoms with van der Waals surface area (Å²) in [6, 6.07) is 2.07. The molecule has 0 saturated heterocycles. The molecule has 0 bridgehead atoms. The van der Waals surface area contributed by atoms with E-state index in [1.807, 2.05) is 24.7 Å². The maximum Gasteiger partial charge on any atom is 0.176 e.